The molecule has 2 aromatic rings. The number of carboxylic acid groups (broad SMARTS) is 1. The van der Waals surface area contributed by atoms with Crippen LogP contribution in [0.25, 0.3) is 0 Å². The summed E-state index contributed by atoms with van der Waals surface area (Å²) in [6.45, 7) is 6.09. The van der Waals surface area contributed by atoms with Gasteiger partial charge in [-0.1, -0.05) is 24.3 Å². The Morgan fingerprint density at radius 1 is 0.981 bits per heavy atom. The van der Waals surface area contributed by atoms with Gasteiger partial charge in [-0.05, 0) is 69.4 Å². The topological polar surface area (TPSA) is 207 Å². The number of ether oxygens (including phenoxy) is 5. The zero-order chi connectivity index (χ0) is 38.7. The summed E-state index contributed by atoms with van der Waals surface area (Å²) in [4.78, 5) is 63.5. The van der Waals surface area contributed by atoms with Crippen LogP contribution < -0.4 is 14.8 Å². The highest BCUT2D eigenvalue weighted by Crippen LogP contribution is 2.29. The van der Waals surface area contributed by atoms with Crippen molar-refractivity contribution in [2.75, 3.05) is 26.9 Å². The summed E-state index contributed by atoms with van der Waals surface area (Å²) in [5.74, 6) is -2.62. The van der Waals surface area contributed by atoms with Crippen molar-refractivity contribution in [2.24, 2.45) is 5.41 Å². The Kier molecular flexibility index (Phi) is 14.5. The molecule has 2 aromatic carbocycles. The van der Waals surface area contributed by atoms with Gasteiger partial charge in [0, 0.05) is 44.2 Å². The lowest BCUT2D eigenvalue weighted by Crippen LogP contribution is -2.53. The van der Waals surface area contributed by atoms with Crippen molar-refractivity contribution >= 4 is 29.7 Å². The number of aliphatic hydroxyl groups is 2. The van der Waals surface area contributed by atoms with Crippen LogP contribution in [-0.2, 0) is 57.6 Å². The van der Waals surface area contributed by atoms with Crippen molar-refractivity contribution in [3.05, 3.63) is 71.3 Å². The molecule has 15 nitrogen and oxygen atoms in total. The Hall–Kier alpha value is -4.83. The van der Waals surface area contributed by atoms with Gasteiger partial charge in [-0.3, -0.25) is 24.1 Å². The van der Waals surface area contributed by atoms with Crippen LogP contribution >= 0.6 is 0 Å². The van der Waals surface area contributed by atoms with Gasteiger partial charge in [-0.15, -0.1) is 0 Å². The molecule has 0 radical (unpaired) electrons. The van der Waals surface area contributed by atoms with Crippen LogP contribution in [0.4, 0.5) is 0 Å². The number of aliphatic hydroxyl groups excluding tert-OH is 2. The quantitative estimate of drug-likeness (QED) is 0.0983. The van der Waals surface area contributed by atoms with Crippen molar-refractivity contribution in [3.8, 4) is 11.5 Å². The Labute approximate surface area is 307 Å². The lowest BCUT2D eigenvalue weighted by molar-refractivity contribution is -0.228. The Balaban J connectivity index is 1.38. The number of nitrogens with one attached hydrogen (secondary N) is 1. The van der Waals surface area contributed by atoms with Crippen molar-refractivity contribution in [2.45, 2.75) is 90.1 Å². The van der Waals surface area contributed by atoms with E-state index >= 15 is 0 Å². The molecule has 5 atom stereocenters. The van der Waals surface area contributed by atoms with Crippen LogP contribution in [0.1, 0.15) is 56.7 Å². The van der Waals surface area contributed by atoms with Gasteiger partial charge in [0.25, 0.3) is 11.8 Å². The first-order valence-electron chi connectivity index (χ1n) is 17.4. The first-order valence-corrected chi connectivity index (χ1v) is 17.4. The molecule has 3 amide bonds. The van der Waals surface area contributed by atoms with E-state index < -0.39 is 65.7 Å². The normalized spacial score (nSPS) is 20.6. The number of benzene rings is 2. The van der Waals surface area contributed by atoms with Gasteiger partial charge in [0.2, 0.25) is 12.2 Å². The number of hydrogen-bond donors (Lipinski definition) is 4. The maximum absolute atomic E-state index is 13.4. The predicted octanol–water partition coefficient (Wildman–Crippen LogP) is 2.08. The van der Waals surface area contributed by atoms with Gasteiger partial charge < -0.3 is 44.3 Å². The number of carboxylic acids is 1. The van der Waals surface area contributed by atoms with Gasteiger partial charge in [-0.25, -0.2) is 4.79 Å². The van der Waals surface area contributed by atoms with Crippen LogP contribution in [0.3, 0.4) is 0 Å². The molecule has 1 fully saturated rings. The third-order valence-corrected chi connectivity index (χ3v) is 8.60. The molecule has 2 heterocycles. The molecule has 1 saturated heterocycles. The number of aryl methyl sites for hydroxylation is 1. The van der Waals surface area contributed by atoms with E-state index in [9.17, 15) is 39.3 Å². The third kappa shape index (κ3) is 11.6. The number of hydrogen-bond acceptors (Lipinski definition) is 12. The molecule has 53 heavy (non-hydrogen) atoms. The van der Waals surface area contributed by atoms with Crippen LogP contribution in [-0.4, -0.2) is 107 Å². The molecule has 0 saturated carbocycles. The average Bonchev–Trinajstić information content (AvgIpc) is 3.44. The van der Waals surface area contributed by atoms with E-state index in [1.807, 2.05) is 6.07 Å². The van der Waals surface area contributed by atoms with Crippen LogP contribution in [0.15, 0.2) is 54.6 Å². The van der Waals surface area contributed by atoms with E-state index in [1.54, 1.807) is 64.3 Å². The van der Waals surface area contributed by atoms with Crippen molar-refractivity contribution in [3.63, 3.8) is 0 Å². The molecular formula is C38H48N2O13. The number of carbonyl (C=O) groups excluding carboxylic acids is 4. The fourth-order valence-corrected chi connectivity index (χ4v) is 5.59. The Morgan fingerprint density at radius 2 is 1.66 bits per heavy atom. The molecule has 0 aliphatic carbocycles. The van der Waals surface area contributed by atoms with Gasteiger partial charge in [-0.2, -0.15) is 0 Å². The summed E-state index contributed by atoms with van der Waals surface area (Å²) in [6.07, 6.45) is -2.05. The molecular weight excluding hydrogens is 692 g/mol. The van der Waals surface area contributed by atoms with E-state index in [2.05, 4.69) is 5.32 Å². The summed E-state index contributed by atoms with van der Waals surface area (Å²) in [5.41, 5.74) is 1.28. The molecule has 0 bridgehead atoms. The maximum Gasteiger partial charge on any atom is 0.335 e. The summed E-state index contributed by atoms with van der Waals surface area (Å²) < 4.78 is 27.5. The lowest BCUT2D eigenvalue weighted by atomic mass is 9.97. The largest absolute Gasteiger partial charge is 0.491 e. The lowest BCUT2D eigenvalue weighted by Gasteiger charge is -2.35. The van der Waals surface area contributed by atoms with Crippen LogP contribution in [0, 0.1) is 5.41 Å². The van der Waals surface area contributed by atoms with Crippen LogP contribution in [0.5, 0.6) is 11.5 Å². The average molecular weight is 741 g/mol. The fraction of sp³-hybridized carbons (Fsp3) is 0.500. The summed E-state index contributed by atoms with van der Waals surface area (Å²) in [6, 6.07) is 11.2. The van der Waals surface area contributed by atoms with Crippen molar-refractivity contribution in [1.82, 2.24) is 10.2 Å². The first kappa shape index (κ1) is 40.9. The van der Waals surface area contributed by atoms with Crippen LogP contribution in [0.2, 0.25) is 0 Å². The molecule has 2 aliphatic heterocycles. The molecule has 4 rings (SSSR count). The minimum absolute atomic E-state index is 0.109. The number of esters is 1. The number of methoxy groups -OCH3 is 1. The van der Waals surface area contributed by atoms with Gasteiger partial charge in [0.15, 0.2) is 6.10 Å². The fourth-order valence-electron chi connectivity index (χ4n) is 5.59. The number of amides is 3. The molecule has 0 unspecified atom stereocenters. The minimum Gasteiger partial charge on any atom is -0.491 e. The Morgan fingerprint density at radius 3 is 2.30 bits per heavy atom. The molecule has 288 valence electrons. The highest BCUT2D eigenvalue weighted by Gasteiger charge is 2.42. The Bertz CT molecular complexity index is 1620. The SMILES string of the molecule is COCCOc1ccc(C[C@@H](C(=O)NCCCCc2ccc(COC(=O)C(C)(C)C)c(O[C@H]3C[C@@H](O)[C@H](O)[C@@H](C(=O)O)O3)c2)N2C(=O)C=CC2=O)cc1. The summed E-state index contributed by atoms with van der Waals surface area (Å²) >= 11 is 0. The van der Waals surface area contributed by atoms with Crippen molar-refractivity contribution < 1.29 is 63.0 Å². The van der Waals surface area contributed by atoms with Gasteiger partial charge in [0.05, 0.1) is 18.1 Å². The maximum atomic E-state index is 13.4. The minimum atomic E-state index is -1.70. The molecule has 0 spiro atoms. The second-order valence-corrected chi connectivity index (χ2v) is 13.8. The monoisotopic (exact) mass is 740 g/mol. The van der Waals surface area contributed by atoms with Gasteiger partial charge in [0.1, 0.15) is 36.9 Å². The van der Waals surface area contributed by atoms with Gasteiger partial charge >= 0.3 is 11.9 Å². The van der Waals surface area contributed by atoms with Crippen molar-refractivity contribution in [1.29, 1.82) is 0 Å². The number of carbonyl (C=O) groups is 5. The highest BCUT2D eigenvalue weighted by atomic mass is 16.7. The summed E-state index contributed by atoms with van der Waals surface area (Å²) in [7, 11) is 1.58. The zero-order valence-corrected chi connectivity index (χ0v) is 30.3. The first-order chi connectivity index (χ1) is 25.2. The molecule has 0 aromatic heterocycles. The summed E-state index contributed by atoms with van der Waals surface area (Å²) in [5, 5.41) is 32.6. The zero-order valence-electron chi connectivity index (χ0n) is 30.3. The predicted molar refractivity (Wildman–Crippen MR) is 187 cm³/mol. The second kappa shape index (κ2) is 18.8. The van der Waals surface area contributed by atoms with E-state index in [-0.39, 0.29) is 31.7 Å². The van der Waals surface area contributed by atoms with E-state index in [0.717, 1.165) is 28.2 Å². The van der Waals surface area contributed by atoms with E-state index in [1.165, 1.54) is 0 Å². The number of rotatable bonds is 18. The third-order valence-electron chi connectivity index (χ3n) is 8.60. The smallest absolute Gasteiger partial charge is 0.335 e. The van der Waals surface area contributed by atoms with E-state index in [0.29, 0.717) is 43.8 Å². The second-order valence-electron chi connectivity index (χ2n) is 13.8. The van der Waals surface area contributed by atoms with E-state index in [4.69, 9.17) is 23.7 Å². The molecule has 4 N–H and O–H groups in total. The number of aliphatic carboxylic acids is 1. The number of nitrogens with zero attached hydrogens (tertiary/aromatic N) is 1. The standard InChI is InChI=1S/C38H48N2O13/c1-38(2,3)37(48)51-22-25-11-8-23(20-29(25)52-32-21-28(41)33(44)34(53-32)36(46)47)7-5-6-16-39-35(45)27(40-30(42)14-15-31(40)43)19-24-9-12-26(13-10-24)50-18-17-49-4/h8-15,20,27-28,32-34,41,44H,5-7,16-19,21-22H2,1-4H3,(H,39,45)(H,46,47)/t27-,28+,32+,33-,34-/m0/s1. The number of unbranched alkanes of at least 4 members (excludes halogenated alkanes) is 1. The molecule has 2 aliphatic rings. The molecule has 15 heteroatoms. The highest BCUT2D eigenvalue weighted by molar-refractivity contribution is 6.15. The number of imide groups is 1.